The zero-order valence-corrected chi connectivity index (χ0v) is 26.4. The van der Waals surface area contributed by atoms with E-state index in [1.165, 1.54) is 34.2 Å². The van der Waals surface area contributed by atoms with Crippen molar-refractivity contribution in [3.63, 3.8) is 0 Å². The smallest absolute Gasteiger partial charge is 0.270 e. The van der Waals surface area contributed by atoms with E-state index < -0.39 is 0 Å². The molecule has 0 aliphatic rings. The highest BCUT2D eigenvalue weighted by molar-refractivity contribution is 7.98. The van der Waals surface area contributed by atoms with E-state index in [0.29, 0.717) is 28.8 Å². The van der Waals surface area contributed by atoms with Crippen molar-refractivity contribution in [2.24, 2.45) is 0 Å². The molecule has 4 aromatic carbocycles. The standard InChI is InChI=1S/C35H30ClN5OS2/c1-24-12-8-11-19-31(24)41-33(28-17-9-10-18-29(28)36)39-40-35(41)44-23-32-38-30(22-43-32)34(42)37-21-20-27(25-13-4-2-5-14-25)26-15-6-3-7-16-26/h2-19,22,27H,20-21,23H2,1H3,(H,37,42). The first-order valence-electron chi connectivity index (χ1n) is 14.3. The van der Waals surface area contributed by atoms with Gasteiger partial charge in [-0.3, -0.25) is 9.36 Å². The Balaban J connectivity index is 1.14. The summed E-state index contributed by atoms with van der Waals surface area (Å²) in [5, 5.41) is 16.1. The van der Waals surface area contributed by atoms with Gasteiger partial charge >= 0.3 is 0 Å². The molecule has 9 heteroatoms. The van der Waals surface area contributed by atoms with Gasteiger partial charge in [0.1, 0.15) is 10.7 Å². The maximum atomic E-state index is 13.0. The highest BCUT2D eigenvalue weighted by atomic mass is 35.5. The molecule has 6 nitrogen and oxygen atoms in total. The molecular weight excluding hydrogens is 606 g/mol. The van der Waals surface area contributed by atoms with Gasteiger partial charge in [-0.1, -0.05) is 114 Å². The van der Waals surface area contributed by atoms with Gasteiger partial charge in [-0.2, -0.15) is 0 Å². The Morgan fingerprint density at radius 3 is 2.25 bits per heavy atom. The number of nitrogens with one attached hydrogen (secondary N) is 1. The molecule has 0 spiro atoms. The van der Waals surface area contributed by atoms with Crippen molar-refractivity contribution >= 4 is 40.6 Å². The van der Waals surface area contributed by atoms with E-state index in [1.807, 2.05) is 58.5 Å². The van der Waals surface area contributed by atoms with Crippen molar-refractivity contribution in [1.82, 2.24) is 25.1 Å². The van der Waals surface area contributed by atoms with Crippen LogP contribution in [0.3, 0.4) is 0 Å². The van der Waals surface area contributed by atoms with Crippen LogP contribution in [0.4, 0.5) is 0 Å². The van der Waals surface area contributed by atoms with Crippen molar-refractivity contribution in [2.45, 2.75) is 30.2 Å². The zero-order valence-electron chi connectivity index (χ0n) is 24.1. The summed E-state index contributed by atoms with van der Waals surface area (Å²) in [5.74, 6) is 1.26. The second kappa shape index (κ2) is 14.0. The lowest BCUT2D eigenvalue weighted by Crippen LogP contribution is -2.26. The molecule has 1 amide bonds. The molecule has 0 aliphatic carbocycles. The third-order valence-corrected chi connectivity index (χ3v) is 9.64. The maximum absolute atomic E-state index is 13.0. The fourth-order valence-corrected chi connectivity index (χ4v) is 7.09. The molecule has 0 atom stereocenters. The van der Waals surface area contributed by atoms with E-state index in [4.69, 9.17) is 11.6 Å². The summed E-state index contributed by atoms with van der Waals surface area (Å²) >= 11 is 9.55. The van der Waals surface area contributed by atoms with Gasteiger partial charge in [0.05, 0.1) is 16.5 Å². The van der Waals surface area contributed by atoms with Crippen molar-refractivity contribution in [3.05, 3.63) is 147 Å². The Kier molecular flexibility index (Phi) is 9.51. The normalized spacial score (nSPS) is 11.2. The number of aromatic nitrogens is 4. The Bertz CT molecular complexity index is 1820. The topological polar surface area (TPSA) is 72.7 Å². The number of benzene rings is 4. The van der Waals surface area contributed by atoms with Crippen LogP contribution in [0.1, 0.15) is 44.5 Å². The molecular formula is C35H30ClN5OS2. The monoisotopic (exact) mass is 635 g/mol. The number of carbonyl (C=O) groups excluding carboxylic acids is 1. The molecule has 0 bridgehead atoms. The predicted octanol–water partition coefficient (Wildman–Crippen LogP) is 8.60. The number of aryl methyl sites for hydroxylation is 1. The van der Waals surface area contributed by atoms with Crippen LogP contribution in [-0.4, -0.2) is 32.2 Å². The molecule has 0 fully saturated rings. The van der Waals surface area contributed by atoms with Crippen molar-refractivity contribution in [2.75, 3.05) is 6.54 Å². The minimum Gasteiger partial charge on any atom is -0.351 e. The lowest BCUT2D eigenvalue weighted by atomic mass is 9.88. The first kappa shape index (κ1) is 29.8. The second-order valence-corrected chi connectivity index (χ2v) is 12.5. The molecule has 6 rings (SSSR count). The lowest BCUT2D eigenvalue weighted by molar-refractivity contribution is 0.0948. The van der Waals surface area contributed by atoms with Gasteiger partial charge < -0.3 is 5.32 Å². The van der Waals surface area contributed by atoms with Gasteiger partial charge in [0, 0.05) is 23.4 Å². The fraction of sp³-hybridized carbons (Fsp3) is 0.143. The van der Waals surface area contributed by atoms with Crippen LogP contribution < -0.4 is 5.32 Å². The first-order chi connectivity index (χ1) is 21.6. The van der Waals surface area contributed by atoms with Gasteiger partial charge in [0.15, 0.2) is 11.0 Å². The number of nitrogens with zero attached hydrogens (tertiary/aromatic N) is 4. The third kappa shape index (κ3) is 6.78. The van der Waals surface area contributed by atoms with Crippen LogP contribution in [0.5, 0.6) is 0 Å². The van der Waals surface area contributed by atoms with Crippen LogP contribution in [0.25, 0.3) is 17.1 Å². The molecule has 0 saturated carbocycles. The molecule has 220 valence electrons. The largest absolute Gasteiger partial charge is 0.351 e. The molecule has 0 radical (unpaired) electrons. The predicted molar refractivity (Wildman–Crippen MR) is 180 cm³/mol. The van der Waals surface area contributed by atoms with E-state index in [9.17, 15) is 4.79 Å². The molecule has 0 aliphatic heterocycles. The SMILES string of the molecule is Cc1ccccc1-n1c(SCc2nc(C(=O)NCCC(c3ccccc3)c3ccccc3)cs2)nnc1-c1ccccc1Cl. The third-order valence-electron chi connectivity index (χ3n) is 7.34. The van der Waals surface area contributed by atoms with Crippen molar-refractivity contribution in [1.29, 1.82) is 0 Å². The number of rotatable bonds is 11. The molecule has 0 saturated heterocycles. The Morgan fingerprint density at radius 1 is 0.886 bits per heavy atom. The first-order valence-corrected chi connectivity index (χ1v) is 16.5. The summed E-state index contributed by atoms with van der Waals surface area (Å²) in [6, 6.07) is 36.6. The molecule has 1 N–H and O–H groups in total. The van der Waals surface area contributed by atoms with Crippen molar-refractivity contribution < 1.29 is 4.79 Å². The quantitative estimate of drug-likeness (QED) is 0.144. The number of halogens is 1. The minimum atomic E-state index is -0.165. The molecule has 44 heavy (non-hydrogen) atoms. The molecule has 2 heterocycles. The maximum Gasteiger partial charge on any atom is 0.270 e. The van der Waals surface area contributed by atoms with Gasteiger partial charge in [-0.05, 0) is 48.2 Å². The van der Waals surface area contributed by atoms with E-state index in [-0.39, 0.29) is 11.8 Å². The fourth-order valence-electron chi connectivity index (χ4n) is 5.14. The number of thiazole rings is 1. The number of amides is 1. The van der Waals surface area contributed by atoms with Gasteiger partial charge in [0.25, 0.3) is 5.91 Å². The average molecular weight is 636 g/mol. The number of thioether (sulfide) groups is 1. The summed E-state index contributed by atoms with van der Waals surface area (Å²) < 4.78 is 2.04. The van der Waals surface area contributed by atoms with Crippen LogP contribution in [-0.2, 0) is 5.75 Å². The van der Waals surface area contributed by atoms with E-state index >= 15 is 0 Å². The van der Waals surface area contributed by atoms with Crippen LogP contribution in [0.2, 0.25) is 5.02 Å². The number of hydrogen-bond acceptors (Lipinski definition) is 6. The molecule has 2 aromatic heterocycles. The summed E-state index contributed by atoms with van der Waals surface area (Å²) in [5.41, 5.74) is 5.79. The zero-order chi connectivity index (χ0) is 30.3. The summed E-state index contributed by atoms with van der Waals surface area (Å²) in [6.45, 7) is 2.60. The lowest BCUT2D eigenvalue weighted by Gasteiger charge is -2.18. The van der Waals surface area contributed by atoms with E-state index in [1.54, 1.807) is 0 Å². The van der Waals surface area contributed by atoms with Crippen molar-refractivity contribution in [3.8, 4) is 17.1 Å². The molecule has 0 unspecified atom stereocenters. The van der Waals surface area contributed by atoms with Crippen LogP contribution in [0, 0.1) is 6.92 Å². The average Bonchev–Trinajstić information content (AvgIpc) is 3.71. The highest BCUT2D eigenvalue weighted by Crippen LogP contribution is 2.34. The number of para-hydroxylation sites is 1. The Morgan fingerprint density at radius 2 is 1.55 bits per heavy atom. The Labute approximate surface area is 270 Å². The summed E-state index contributed by atoms with van der Waals surface area (Å²) in [7, 11) is 0. The minimum absolute atomic E-state index is 0.165. The summed E-state index contributed by atoms with van der Waals surface area (Å²) in [4.78, 5) is 17.7. The number of carbonyl (C=O) groups is 1. The van der Waals surface area contributed by atoms with Gasteiger partial charge in [-0.25, -0.2) is 4.98 Å². The van der Waals surface area contributed by atoms with Gasteiger partial charge in [-0.15, -0.1) is 21.5 Å². The van der Waals surface area contributed by atoms with Crippen LogP contribution in [0.15, 0.2) is 120 Å². The second-order valence-electron chi connectivity index (χ2n) is 10.2. The highest BCUT2D eigenvalue weighted by Gasteiger charge is 2.20. The summed E-state index contributed by atoms with van der Waals surface area (Å²) in [6.07, 6.45) is 0.787. The Hall–Kier alpha value is -4.24. The number of hydrogen-bond donors (Lipinski definition) is 1. The van der Waals surface area contributed by atoms with Crippen LogP contribution >= 0.6 is 34.7 Å². The van der Waals surface area contributed by atoms with E-state index in [0.717, 1.165) is 33.4 Å². The van der Waals surface area contributed by atoms with Gasteiger partial charge in [0.2, 0.25) is 0 Å². The molecule has 6 aromatic rings. The van der Waals surface area contributed by atoms with E-state index in [2.05, 4.69) is 88.1 Å².